The van der Waals surface area contributed by atoms with Crippen molar-refractivity contribution < 1.29 is 0 Å². The highest BCUT2D eigenvalue weighted by atomic mass is 15.3. The van der Waals surface area contributed by atoms with Gasteiger partial charge in [0.2, 0.25) is 5.95 Å². The normalized spacial score (nSPS) is 16.3. The number of anilines is 1. The van der Waals surface area contributed by atoms with Gasteiger partial charge in [0.15, 0.2) is 0 Å². The maximum atomic E-state index is 4.80. The zero-order valence-electron chi connectivity index (χ0n) is 10.6. The van der Waals surface area contributed by atoms with Crippen LogP contribution in [0.2, 0.25) is 0 Å². The summed E-state index contributed by atoms with van der Waals surface area (Å²) >= 11 is 0. The Morgan fingerprint density at radius 3 is 2.53 bits per heavy atom. The molecular formula is C14H19N3. The van der Waals surface area contributed by atoms with E-state index in [1.54, 1.807) is 0 Å². The minimum Gasteiger partial charge on any atom is -0.342 e. The summed E-state index contributed by atoms with van der Waals surface area (Å²) in [6.07, 6.45) is 2.59. The minimum absolute atomic E-state index is 0.456. The summed E-state index contributed by atoms with van der Waals surface area (Å²) in [6, 6.07) is 8.89. The molecule has 0 spiro atoms. The van der Waals surface area contributed by atoms with Crippen LogP contribution in [0.25, 0.3) is 11.0 Å². The van der Waals surface area contributed by atoms with Crippen molar-refractivity contribution in [3.63, 3.8) is 0 Å². The Hall–Kier alpha value is -1.51. The van der Waals surface area contributed by atoms with Crippen molar-refractivity contribution in [1.29, 1.82) is 0 Å². The highest BCUT2D eigenvalue weighted by molar-refractivity contribution is 5.79. The molecule has 3 rings (SSSR count). The average molecular weight is 229 g/mol. The van der Waals surface area contributed by atoms with Gasteiger partial charge in [-0.3, -0.25) is 0 Å². The molecule has 17 heavy (non-hydrogen) atoms. The van der Waals surface area contributed by atoms with E-state index in [1.807, 2.05) is 0 Å². The zero-order valence-corrected chi connectivity index (χ0v) is 10.6. The van der Waals surface area contributed by atoms with Gasteiger partial charge in [-0.25, -0.2) is 4.98 Å². The Bertz CT molecular complexity index is 521. The highest BCUT2D eigenvalue weighted by Gasteiger charge is 2.20. The molecule has 1 fully saturated rings. The van der Waals surface area contributed by atoms with Crippen LogP contribution in [0, 0.1) is 0 Å². The van der Waals surface area contributed by atoms with E-state index in [0.29, 0.717) is 6.04 Å². The average Bonchev–Trinajstić information content (AvgIpc) is 2.95. The van der Waals surface area contributed by atoms with Crippen LogP contribution in [0.4, 0.5) is 5.95 Å². The van der Waals surface area contributed by atoms with Gasteiger partial charge in [0.05, 0.1) is 11.0 Å². The smallest absolute Gasteiger partial charge is 0.206 e. The fraction of sp³-hybridized carbons (Fsp3) is 0.500. The molecule has 1 aromatic heterocycles. The molecule has 1 aromatic carbocycles. The monoisotopic (exact) mass is 229 g/mol. The van der Waals surface area contributed by atoms with Crippen molar-refractivity contribution >= 4 is 17.0 Å². The number of fused-ring (bicyclic) bond motifs is 1. The number of para-hydroxylation sites is 2. The quantitative estimate of drug-likeness (QED) is 0.788. The lowest BCUT2D eigenvalue weighted by Crippen LogP contribution is -2.22. The second-order valence-electron chi connectivity index (χ2n) is 5.06. The standard InChI is InChI=1S/C14H19N3/c1-11(2)17-13-8-4-3-7-12(13)15-14(17)16-9-5-6-10-16/h3-4,7-8,11H,5-6,9-10H2,1-2H3. The van der Waals surface area contributed by atoms with Crippen LogP contribution in [0.3, 0.4) is 0 Å². The summed E-state index contributed by atoms with van der Waals surface area (Å²) in [4.78, 5) is 7.22. The van der Waals surface area contributed by atoms with E-state index < -0.39 is 0 Å². The van der Waals surface area contributed by atoms with Crippen LogP contribution in [0.5, 0.6) is 0 Å². The van der Waals surface area contributed by atoms with E-state index in [2.05, 4.69) is 47.6 Å². The molecule has 2 aromatic rings. The Morgan fingerprint density at radius 2 is 1.82 bits per heavy atom. The number of aromatic nitrogens is 2. The molecule has 3 nitrogen and oxygen atoms in total. The molecular weight excluding hydrogens is 210 g/mol. The third-order valence-corrected chi connectivity index (χ3v) is 3.48. The Morgan fingerprint density at radius 1 is 1.12 bits per heavy atom. The van der Waals surface area contributed by atoms with Crippen molar-refractivity contribution in [2.45, 2.75) is 32.7 Å². The lowest BCUT2D eigenvalue weighted by Gasteiger charge is -2.20. The van der Waals surface area contributed by atoms with E-state index in [4.69, 9.17) is 4.98 Å². The van der Waals surface area contributed by atoms with Crippen LogP contribution in [0.15, 0.2) is 24.3 Å². The Kier molecular flexibility index (Phi) is 2.54. The van der Waals surface area contributed by atoms with Crippen molar-refractivity contribution in [3.8, 4) is 0 Å². The van der Waals surface area contributed by atoms with Gasteiger partial charge in [-0.05, 0) is 38.8 Å². The van der Waals surface area contributed by atoms with Crippen LogP contribution in [-0.2, 0) is 0 Å². The fourth-order valence-electron chi connectivity index (χ4n) is 2.68. The van der Waals surface area contributed by atoms with Crippen LogP contribution >= 0.6 is 0 Å². The first-order valence-corrected chi connectivity index (χ1v) is 6.49. The van der Waals surface area contributed by atoms with E-state index in [0.717, 1.165) is 24.6 Å². The third-order valence-electron chi connectivity index (χ3n) is 3.48. The number of benzene rings is 1. The highest BCUT2D eigenvalue weighted by Crippen LogP contribution is 2.28. The molecule has 2 heterocycles. The van der Waals surface area contributed by atoms with Crippen LogP contribution in [-0.4, -0.2) is 22.6 Å². The Labute approximate surface area is 102 Å². The van der Waals surface area contributed by atoms with E-state index in [-0.39, 0.29) is 0 Å². The number of hydrogen-bond acceptors (Lipinski definition) is 2. The molecule has 0 amide bonds. The topological polar surface area (TPSA) is 21.1 Å². The summed E-state index contributed by atoms with van der Waals surface area (Å²) < 4.78 is 2.36. The zero-order chi connectivity index (χ0) is 11.8. The molecule has 0 radical (unpaired) electrons. The SMILES string of the molecule is CC(C)n1c(N2CCCC2)nc2ccccc21. The second-order valence-corrected chi connectivity index (χ2v) is 5.06. The number of nitrogens with zero attached hydrogens (tertiary/aromatic N) is 3. The molecule has 0 unspecified atom stereocenters. The first kappa shape index (κ1) is 10.6. The molecule has 0 saturated carbocycles. The lowest BCUT2D eigenvalue weighted by molar-refractivity contribution is 0.609. The van der Waals surface area contributed by atoms with E-state index in [1.165, 1.54) is 18.4 Å². The van der Waals surface area contributed by atoms with Gasteiger partial charge in [0, 0.05) is 19.1 Å². The summed E-state index contributed by atoms with van der Waals surface area (Å²) in [5.74, 6) is 1.15. The van der Waals surface area contributed by atoms with E-state index in [9.17, 15) is 0 Å². The summed E-state index contributed by atoms with van der Waals surface area (Å²) in [5.41, 5.74) is 2.37. The van der Waals surface area contributed by atoms with Crippen molar-refractivity contribution in [1.82, 2.24) is 9.55 Å². The Balaban J connectivity index is 2.18. The minimum atomic E-state index is 0.456. The molecule has 0 N–H and O–H groups in total. The largest absolute Gasteiger partial charge is 0.342 e. The van der Waals surface area contributed by atoms with Crippen molar-refractivity contribution in [3.05, 3.63) is 24.3 Å². The van der Waals surface area contributed by atoms with Crippen molar-refractivity contribution in [2.75, 3.05) is 18.0 Å². The molecule has 1 aliphatic heterocycles. The van der Waals surface area contributed by atoms with Crippen LogP contribution in [0.1, 0.15) is 32.7 Å². The van der Waals surface area contributed by atoms with Gasteiger partial charge in [-0.15, -0.1) is 0 Å². The fourth-order valence-corrected chi connectivity index (χ4v) is 2.68. The predicted molar refractivity (Wildman–Crippen MR) is 71.6 cm³/mol. The predicted octanol–water partition coefficient (Wildman–Crippen LogP) is 3.22. The van der Waals surface area contributed by atoms with Gasteiger partial charge in [-0.2, -0.15) is 0 Å². The molecule has 1 saturated heterocycles. The van der Waals surface area contributed by atoms with Gasteiger partial charge in [-0.1, -0.05) is 12.1 Å². The molecule has 90 valence electrons. The molecule has 0 aliphatic carbocycles. The maximum absolute atomic E-state index is 4.80. The van der Waals surface area contributed by atoms with Crippen molar-refractivity contribution in [2.24, 2.45) is 0 Å². The second kappa shape index (κ2) is 4.06. The van der Waals surface area contributed by atoms with Gasteiger partial charge >= 0.3 is 0 Å². The first-order chi connectivity index (χ1) is 8.27. The van der Waals surface area contributed by atoms with E-state index >= 15 is 0 Å². The molecule has 0 atom stereocenters. The van der Waals surface area contributed by atoms with Gasteiger partial charge < -0.3 is 9.47 Å². The first-order valence-electron chi connectivity index (χ1n) is 6.49. The number of hydrogen-bond donors (Lipinski definition) is 0. The molecule has 1 aliphatic rings. The molecule has 3 heteroatoms. The summed E-state index contributed by atoms with van der Waals surface area (Å²) in [6.45, 7) is 6.76. The maximum Gasteiger partial charge on any atom is 0.206 e. The van der Waals surface area contributed by atoms with Crippen LogP contribution < -0.4 is 4.90 Å². The lowest BCUT2D eigenvalue weighted by atomic mass is 10.3. The summed E-state index contributed by atoms with van der Waals surface area (Å²) in [7, 11) is 0. The number of imidazole rings is 1. The van der Waals surface area contributed by atoms with Gasteiger partial charge in [0.1, 0.15) is 0 Å². The van der Waals surface area contributed by atoms with Gasteiger partial charge in [0.25, 0.3) is 0 Å². The summed E-state index contributed by atoms with van der Waals surface area (Å²) in [5, 5.41) is 0. The third kappa shape index (κ3) is 1.70. The molecule has 0 bridgehead atoms. The number of rotatable bonds is 2.